The molecule has 0 saturated carbocycles. The predicted molar refractivity (Wildman–Crippen MR) is 92.6 cm³/mol. The molecule has 0 spiro atoms. The average Bonchev–Trinajstić information content (AvgIpc) is 2.60. The van der Waals surface area contributed by atoms with Gasteiger partial charge in [0.2, 0.25) is 0 Å². The van der Waals surface area contributed by atoms with Crippen molar-refractivity contribution in [2.24, 2.45) is 0 Å². The molecule has 1 fully saturated rings. The van der Waals surface area contributed by atoms with Crippen LogP contribution in [0.25, 0.3) is 0 Å². The molecular formula is C18H22N4O2. The van der Waals surface area contributed by atoms with Crippen molar-refractivity contribution in [1.29, 1.82) is 0 Å². The number of aromatic nitrogens is 2. The normalized spacial score (nSPS) is 14.8. The Balaban J connectivity index is 1.77. The van der Waals surface area contributed by atoms with Crippen LogP contribution in [0.15, 0.2) is 30.3 Å². The highest BCUT2D eigenvalue weighted by molar-refractivity contribution is 5.65. The van der Waals surface area contributed by atoms with E-state index >= 15 is 0 Å². The van der Waals surface area contributed by atoms with Crippen LogP contribution in [0.3, 0.4) is 0 Å². The number of nitrogens with zero attached hydrogens (tertiary/aromatic N) is 4. The van der Waals surface area contributed by atoms with E-state index in [0.717, 1.165) is 29.1 Å². The Kier molecular flexibility index (Phi) is 4.64. The zero-order valence-corrected chi connectivity index (χ0v) is 14.1. The lowest BCUT2D eigenvalue weighted by Crippen LogP contribution is -2.48. The van der Waals surface area contributed by atoms with E-state index in [1.54, 1.807) is 0 Å². The molecule has 1 aliphatic rings. The maximum Gasteiger partial charge on any atom is 0.407 e. The smallest absolute Gasteiger partial charge is 0.407 e. The van der Waals surface area contributed by atoms with Gasteiger partial charge in [-0.15, -0.1) is 5.10 Å². The fraction of sp³-hybridized carbons (Fsp3) is 0.389. The third-order valence-electron chi connectivity index (χ3n) is 4.66. The lowest BCUT2D eigenvalue weighted by atomic mass is 10.0. The van der Waals surface area contributed by atoms with Crippen molar-refractivity contribution in [3.05, 3.63) is 52.7 Å². The van der Waals surface area contributed by atoms with E-state index in [-0.39, 0.29) is 0 Å². The van der Waals surface area contributed by atoms with Gasteiger partial charge in [0.05, 0.1) is 5.69 Å². The van der Waals surface area contributed by atoms with Gasteiger partial charge in [-0.2, -0.15) is 5.10 Å². The molecule has 1 aromatic heterocycles. The van der Waals surface area contributed by atoms with Crippen LogP contribution in [0.4, 0.5) is 10.6 Å². The van der Waals surface area contributed by atoms with Crippen molar-refractivity contribution >= 4 is 11.9 Å². The summed E-state index contributed by atoms with van der Waals surface area (Å²) in [6.07, 6.45) is -0.0834. The molecule has 1 aromatic carbocycles. The van der Waals surface area contributed by atoms with E-state index in [2.05, 4.69) is 41.1 Å². The fourth-order valence-electron chi connectivity index (χ4n) is 3.01. The number of hydrogen-bond acceptors (Lipinski definition) is 4. The highest BCUT2D eigenvalue weighted by atomic mass is 16.4. The molecule has 0 bridgehead atoms. The van der Waals surface area contributed by atoms with E-state index in [1.165, 1.54) is 10.5 Å². The van der Waals surface area contributed by atoms with Gasteiger partial charge in [-0.05, 0) is 30.5 Å². The van der Waals surface area contributed by atoms with Crippen LogP contribution < -0.4 is 4.90 Å². The first kappa shape index (κ1) is 16.2. The number of carbonyl (C=O) groups is 1. The quantitative estimate of drug-likeness (QED) is 0.938. The van der Waals surface area contributed by atoms with E-state index < -0.39 is 6.09 Å². The second kappa shape index (κ2) is 6.86. The molecule has 2 heterocycles. The number of anilines is 1. The van der Waals surface area contributed by atoms with Crippen LogP contribution in [-0.2, 0) is 6.42 Å². The van der Waals surface area contributed by atoms with Crippen molar-refractivity contribution in [3.63, 3.8) is 0 Å². The second-order valence-corrected chi connectivity index (χ2v) is 6.14. The monoisotopic (exact) mass is 326 g/mol. The van der Waals surface area contributed by atoms with Crippen LogP contribution in [0.1, 0.15) is 22.4 Å². The summed E-state index contributed by atoms with van der Waals surface area (Å²) in [6.45, 7) is 6.46. The average molecular weight is 326 g/mol. The van der Waals surface area contributed by atoms with Crippen LogP contribution in [0.2, 0.25) is 0 Å². The lowest BCUT2D eigenvalue weighted by molar-refractivity contribution is 0.142. The minimum Gasteiger partial charge on any atom is -0.465 e. The Labute approximate surface area is 141 Å². The van der Waals surface area contributed by atoms with Crippen molar-refractivity contribution in [2.45, 2.75) is 20.3 Å². The number of carboxylic acid groups (broad SMARTS) is 1. The predicted octanol–water partition coefficient (Wildman–Crippen LogP) is 2.48. The summed E-state index contributed by atoms with van der Waals surface area (Å²) in [5.74, 6) is 0.870. The molecular weight excluding hydrogens is 304 g/mol. The summed E-state index contributed by atoms with van der Waals surface area (Å²) in [7, 11) is 0. The van der Waals surface area contributed by atoms with Gasteiger partial charge < -0.3 is 14.9 Å². The third-order valence-corrected chi connectivity index (χ3v) is 4.66. The molecule has 6 heteroatoms. The first-order chi connectivity index (χ1) is 11.6. The number of piperazine rings is 1. The van der Waals surface area contributed by atoms with E-state index in [9.17, 15) is 4.79 Å². The number of benzene rings is 1. The van der Waals surface area contributed by atoms with Crippen LogP contribution >= 0.6 is 0 Å². The Morgan fingerprint density at radius 2 is 1.71 bits per heavy atom. The van der Waals surface area contributed by atoms with Crippen LogP contribution in [0, 0.1) is 13.8 Å². The Morgan fingerprint density at radius 1 is 1.04 bits per heavy atom. The van der Waals surface area contributed by atoms with Gasteiger partial charge in [-0.1, -0.05) is 30.3 Å². The van der Waals surface area contributed by atoms with Crippen molar-refractivity contribution in [3.8, 4) is 0 Å². The Morgan fingerprint density at radius 3 is 2.33 bits per heavy atom. The largest absolute Gasteiger partial charge is 0.465 e. The summed E-state index contributed by atoms with van der Waals surface area (Å²) < 4.78 is 0. The zero-order chi connectivity index (χ0) is 17.1. The number of amides is 1. The third kappa shape index (κ3) is 3.32. The Hall–Kier alpha value is -2.63. The SMILES string of the molecule is Cc1c(Cc2ccccc2)nnc(N2CCN(C(=O)O)CC2)c1C. The molecule has 24 heavy (non-hydrogen) atoms. The molecule has 3 rings (SSSR count). The molecule has 0 radical (unpaired) electrons. The highest BCUT2D eigenvalue weighted by Gasteiger charge is 2.23. The first-order valence-electron chi connectivity index (χ1n) is 8.15. The summed E-state index contributed by atoms with van der Waals surface area (Å²) in [6, 6.07) is 10.3. The fourth-order valence-corrected chi connectivity index (χ4v) is 3.01. The summed E-state index contributed by atoms with van der Waals surface area (Å²) >= 11 is 0. The molecule has 2 aromatic rings. The molecule has 6 nitrogen and oxygen atoms in total. The van der Waals surface area contributed by atoms with Gasteiger partial charge in [0.1, 0.15) is 0 Å². The van der Waals surface area contributed by atoms with Crippen molar-refractivity contribution in [2.75, 3.05) is 31.1 Å². The zero-order valence-electron chi connectivity index (χ0n) is 14.1. The molecule has 1 aliphatic heterocycles. The number of hydrogen-bond donors (Lipinski definition) is 1. The minimum absolute atomic E-state index is 0.501. The lowest BCUT2D eigenvalue weighted by Gasteiger charge is -2.34. The van der Waals surface area contributed by atoms with Gasteiger partial charge in [-0.25, -0.2) is 4.79 Å². The summed E-state index contributed by atoms with van der Waals surface area (Å²) in [5, 5.41) is 17.9. The van der Waals surface area contributed by atoms with E-state index in [1.807, 2.05) is 18.2 Å². The standard InChI is InChI=1S/C18H22N4O2/c1-13-14(2)17(21-8-10-22(11-9-21)18(23)24)20-19-16(13)12-15-6-4-3-5-7-15/h3-7H,8-12H2,1-2H3,(H,23,24). The number of rotatable bonds is 3. The van der Waals surface area contributed by atoms with Crippen molar-refractivity contribution in [1.82, 2.24) is 15.1 Å². The molecule has 1 N–H and O–H groups in total. The van der Waals surface area contributed by atoms with Gasteiger partial charge in [0, 0.05) is 32.6 Å². The van der Waals surface area contributed by atoms with Crippen LogP contribution in [0.5, 0.6) is 0 Å². The van der Waals surface area contributed by atoms with Gasteiger partial charge in [-0.3, -0.25) is 0 Å². The second-order valence-electron chi connectivity index (χ2n) is 6.14. The molecule has 1 saturated heterocycles. The van der Waals surface area contributed by atoms with Gasteiger partial charge in [0.15, 0.2) is 5.82 Å². The molecule has 0 atom stereocenters. The van der Waals surface area contributed by atoms with E-state index in [0.29, 0.717) is 26.2 Å². The molecule has 0 aliphatic carbocycles. The molecule has 126 valence electrons. The topological polar surface area (TPSA) is 69.6 Å². The minimum atomic E-state index is -0.855. The van der Waals surface area contributed by atoms with E-state index in [4.69, 9.17) is 5.11 Å². The van der Waals surface area contributed by atoms with Crippen LogP contribution in [-0.4, -0.2) is 52.5 Å². The highest BCUT2D eigenvalue weighted by Crippen LogP contribution is 2.23. The molecule has 1 amide bonds. The van der Waals surface area contributed by atoms with Gasteiger partial charge in [0.25, 0.3) is 0 Å². The summed E-state index contributed by atoms with van der Waals surface area (Å²) in [5.41, 5.74) is 4.49. The summed E-state index contributed by atoms with van der Waals surface area (Å²) in [4.78, 5) is 14.6. The Bertz CT molecular complexity index is 725. The first-order valence-corrected chi connectivity index (χ1v) is 8.15. The molecule has 0 unspecified atom stereocenters. The maximum absolute atomic E-state index is 11.0. The van der Waals surface area contributed by atoms with Gasteiger partial charge >= 0.3 is 6.09 Å². The maximum atomic E-state index is 11.0. The van der Waals surface area contributed by atoms with Crippen molar-refractivity contribution < 1.29 is 9.90 Å².